The van der Waals surface area contributed by atoms with Gasteiger partial charge in [-0.1, -0.05) is 49.4 Å². The largest absolute Gasteiger partial charge is 0.325 e. The van der Waals surface area contributed by atoms with Crippen molar-refractivity contribution < 1.29 is 9.59 Å². The van der Waals surface area contributed by atoms with E-state index in [2.05, 4.69) is 12.2 Å². The maximum absolute atomic E-state index is 12.5. The van der Waals surface area contributed by atoms with Gasteiger partial charge >= 0.3 is 0 Å². The predicted molar refractivity (Wildman–Crippen MR) is 82.4 cm³/mol. The quantitative estimate of drug-likeness (QED) is 0.853. The highest BCUT2D eigenvalue weighted by Crippen LogP contribution is 2.34. The molecule has 0 saturated carbocycles. The van der Waals surface area contributed by atoms with Crippen LogP contribution in [0.3, 0.4) is 0 Å². The minimum Gasteiger partial charge on any atom is -0.325 e. The Morgan fingerprint density at radius 1 is 1.05 bits per heavy atom. The van der Waals surface area contributed by atoms with Gasteiger partial charge in [-0.3, -0.25) is 9.59 Å². The van der Waals surface area contributed by atoms with Gasteiger partial charge in [-0.15, -0.1) is 0 Å². The number of ketones is 1. The topological polar surface area (TPSA) is 46.2 Å². The standard InChI is InChI=1S/C18H17NO2/c1-12-11-16(17(20)15-10-6-5-9-14(12)15)18(21)19-13-7-3-2-4-8-13/h2-10,12,16H,11H2,1H3,(H,19,21). The molecule has 0 aromatic heterocycles. The van der Waals surface area contributed by atoms with Gasteiger partial charge in [0.15, 0.2) is 5.78 Å². The van der Waals surface area contributed by atoms with Crippen LogP contribution in [-0.4, -0.2) is 11.7 Å². The van der Waals surface area contributed by atoms with Crippen molar-refractivity contribution in [2.75, 3.05) is 5.32 Å². The minimum atomic E-state index is -0.602. The van der Waals surface area contributed by atoms with Crippen LogP contribution < -0.4 is 5.32 Å². The van der Waals surface area contributed by atoms with E-state index in [9.17, 15) is 9.59 Å². The Morgan fingerprint density at radius 2 is 1.71 bits per heavy atom. The van der Waals surface area contributed by atoms with Crippen LogP contribution in [0.4, 0.5) is 5.69 Å². The summed E-state index contributed by atoms with van der Waals surface area (Å²) in [5.41, 5.74) is 2.46. The monoisotopic (exact) mass is 279 g/mol. The van der Waals surface area contributed by atoms with E-state index in [4.69, 9.17) is 0 Å². The van der Waals surface area contributed by atoms with Crippen molar-refractivity contribution in [1.82, 2.24) is 0 Å². The van der Waals surface area contributed by atoms with E-state index in [1.807, 2.05) is 54.6 Å². The maximum Gasteiger partial charge on any atom is 0.235 e. The van der Waals surface area contributed by atoms with E-state index in [0.717, 1.165) is 11.3 Å². The molecule has 1 aliphatic rings. The summed E-state index contributed by atoms with van der Waals surface area (Å²) in [4.78, 5) is 24.9. The third-order valence-electron chi connectivity index (χ3n) is 4.02. The average molecular weight is 279 g/mol. The number of hydrogen-bond acceptors (Lipinski definition) is 2. The summed E-state index contributed by atoms with van der Waals surface area (Å²) in [6.07, 6.45) is 0.564. The lowest BCUT2D eigenvalue weighted by atomic mass is 9.76. The Bertz CT molecular complexity index is 679. The van der Waals surface area contributed by atoms with Crippen molar-refractivity contribution in [1.29, 1.82) is 0 Å². The van der Waals surface area contributed by atoms with Crippen molar-refractivity contribution in [3.8, 4) is 0 Å². The number of Topliss-reactive ketones (excluding diaryl/α,β-unsaturated/α-hetero) is 1. The number of nitrogens with one attached hydrogen (secondary N) is 1. The summed E-state index contributed by atoms with van der Waals surface area (Å²) in [6.45, 7) is 2.06. The molecule has 2 aromatic rings. The summed E-state index contributed by atoms with van der Waals surface area (Å²) in [6, 6.07) is 16.8. The highest BCUT2D eigenvalue weighted by atomic mass is 16.2. The predicted octanol–water partition coefficient (Wildman–Crippen LogP) is 3.63. The molecule has 0 fully saturated rings. The number of carbonyl (C=O) groups excluding carboxylic acids is 2. The summed E-state index contributed by atoms with van der Waals surface area (Å²) in [5, 5.41) is 2.83. The summed E-state index contributed by atoms with van der Waals surface area (Å²) >= 11 is 0. The van der Waals surface area contributed by atoms with Crippen molar-refractivity contribution in [2.45, 2.75) is 19.3 Å². The third kappa shape index (κ3) is 2.59. The van der Waals surface area contributed by atoms with E-state index in [-0.39, 0.29) is 17.6 Å². The zero-order chi connectivity index (χ0) is 14.8. The lowest BCUT2D eigenvalue weighted by Crippen LogP contribution is -2.34. The number of carbonyl (C=O) groups is 2. The van der Waals surface area contributed by atoms with Crippen molar-refractivity contribution in [3.63, 3.8) is 0 Å². The molecule has 0 bridgehead atoms. The second kappa shape index (κ2) is 5.52. The number of fused-ring (bicyclic) bond motifs is 1. The SMILES string of the molecule is CC1CC(C(=O)Nc2ccccc2)C(=O)c2ccccc21. The van der Waals surface area contributed by atoms with Crippen LogP contribution in [0.2, 0.25) is 0 Å². The van der Waals surface area contributed by atoms with Crippen LogP contribution in [-0.2, 0) is 4.79 Å². The molecule has 2 unspecified atom stereocenters. The second-order valence-corrected chi connectivity index (χ2v) is 5.50. The molecule has 3 heteroatoms. The number of anilines is 1. The minimum absolute atomic E-state index is 0.0721. The first-order chi connectivity index (χ1) is 10.2. The van der Waals surface area contributed by atoms with Gasteiger partial charge in [0, 0.05) is 11.3 Å². The van der Waals surface area contributed by atoms with Crippen molar-refractivity contribution >= 4 is 17.4 Å². The molecule has 1 amide bonds. The van der Waals surface area contributed by atoms with Gasteiger partial charge in [-0.25, -0.2) is 0 Å². The zero-order valence-electron chi connectivity index (χ0n) is 11.9. The van der Waals surface area contributed by atoms with Gasteiger partial charge < -0.3 is 5.32 Å². The summed E-state index contributed by atoms with van der Waals surface area (Å²) in [5.74, 6) is -0.676. The van der Waals surface area contributed by atoms with Crippen LogP contribution in [0.25, 0.3) is 0 Å². The molecule has 0 spiro atoms. The molecule has 1 aliphatic carbocycles. The molecule has 0 heterocycles. The summed E-state index contributed by atoms with van der Waals surface area (Å²) < 4.78 is 0. The van der Waals surface area contributed by atoms with Gasteiger partial charge in [0.05, 0.1) is 0 Å². The number of amides is 1. The first-order valence-corrected chi connectivity index (χ1v) is 7.16. The molecular weight excluding hydrogens is 262 g/mol. The molecular formula is C18H17NO2. The molecule has 0 radical (unpaired) electrons. The number of hydrogen-bond donors (Lipinski definition) is 1. The van der Waals surface area contributed by atoms with Crippen LogP contribution in [0.15, 0.2) is 54.6 Å². The lowest BCUT2D eigenvalue weighted by molar-refractivity contribution is -0.118. The normalized spacial score (nSPS) is 20.7. The first-order valence-electron chi connectivity index (χ1n) is 7.16. The van der Waals surface area contributed by atoms with E-state index in [0.29, 0.717) is 12.0 Å². The Kier molecular flexibility index (Phi) is 3.57. The maximum atomic E-state index is 12.5. The van der Waals surface area contributed by atoms with E-state index < -0.39 is 5.92 Å². The summed E-state index contributed by atoms with van der Waals surface area (Å²) in [7, 11) is 0. The van der Waals surface area contributed by atoms with Crippen LogP contribution in [0.1, 0.15) is 35.2 Å². The molecule has 2 atom stereocenters. The van der Waals surface area contributed by atoms with E-state index in [1.165, 1.54) is 0 Å². The van der Waals surface area contributed by atoms with E-state index >= 15 is 0 Å². The second-order valence-electron chi connectivity index (χ2n) is 5.50. The first kappa shape index (κ1) is 13.6. The molecule has 1 N–H and O–H groups in total. The molecule has 21 heavy (non-hydrogen) atoms. The highest BCUT2D eigenvalue weighted by Gasteiger charge is 2.35. The Hall–Kier alpha value is -2.42. The Morgan fingerprint density at radius 3 is 2.48 bits per heavy atom. The average Bonchev–Trinajstić information content (AvgIpc) is 2.52. The molecule has 106 valence electrons. The third-order valence-corrected chi connectivity index (χ3v) is 4.02. The molecule has 3 rings (SSSR count). The molecule has 3 nitrogen and oxygen atoms in total. The van der Waals surface area contributed by atoms with Gasteiger partial charge in [-0.05, 0) is 30.0 Å². The Labute approximate surface area is 124 Å². The van der Waals surface area contributed by atoms with Gasteiger partial charge in [0.1, 0.15) is 5.92 Å². The zero-order valence-corrected chi connectivity index (χ0v) is 11.9. The molecule has 0 saturated heterocycles. The lowest BCUT2D eigenvalue weighted by Gasteiger charge is -2.27. The fraction of sp³-hybridized carbons (Fsp3) is 0.222. The van der Waals surface area contributed by atoms with Crippen LogP contribution in [0, 0.1) is 5.92 Å². The van der Waals surface area contributed by atoms with E-state index in [1.54, 1.807) is 0 Å². The fourth-order valence-electron chi connectivity index (χ4n) is 2.90. The highest BCUT2D eigenvalue weighted by molar-refractivity contribution is 6.15. The van der Waals surface area contributed by atoms with Crippen molar-refractivity contribution in [3.05, 3.63) is 65.7 Å². The van der Waals surface area contributed by atoms with Crippen LogP contribution in [0.5, 0.6) is 0 Å². The van der Waals surface area contributed by atoms with Gasteiger partial charge in [-0.2, -0.15) is 0 Å². The van der Waals surface area contributed by atoms with Crippen molar-refractivity contribution in [2.24, 2.45) is 5.92 Å². The number of rotatable bonds is 2. The van der Waals surface area contributed by atoms with Gasteiger partial charge in [0.25, 0.3) is 0 Å². The number of para-hydroxylation sites is 1. The smallest absolute Gasteiger partial charge is 0.235 e. The Balaban J connectivity index is 1.84. The van der Waals surface area contributed by atoms with Crippen LogP contribution >= 0.6 is 0 Å². The van der Waals surface area contributed by atoms with Gasteiger partial charge in [0.2, 0.25) is 5.91 Å². The molecule has 0 aliphatic heterocycles. The fourth-order valence-corrected chi connectivity index (χ4v) is 2.90. The number of benzene rings is 2. The molecule has 2 aromatic carbocycles.